The van der Waals surface area contributed by atoms with E-state index in [4.69, 9.17) is 11.6 Å². The second kappa shape index (κ2) is 5.78. The summed E-state index contributed by atoms with van der Waals surface area (Å²) in [6.07, 6.45) is -0.0388. The molecule has 0 amide bonds. The molecule has 2 aromatic carbocycles. The van der Waals surface area contributed by atoms with E-state index in [0.29, 0.717) is 5.02 Å². The van der Waals surface area contributed by atoms with Gasteiger partial charge in [0.15, 0.2) is 0 Å². The van der Waals surface area contributed by atoms with Gasteiger partial charge in [0.2, 0.25) is 0 Å². The first kappa shape index (κ1) is 15.1. The van der Waals surface area contributed by atoms with Gasteiger partial charge in [-0.1, -0.05) is 45.7 Å². The minimum Gasteiger partial charge on any atom is -0.481 e. The highest BCUT2D eigenvalue weighted by Crippen LogP contribution is 2.35. The number of carboxylic acid groups (broad SMARTS) is 1. The zero-order valence-corrected chi connectivity index (χ0v) is 14.1. The van der Waals surface area contributed by atoms with Crippen LogP contribution in [0.25, 0.3) is 22.2 Å². The van der Waals surface area contributed by atoms with Gasteiger partial charge < -0.3 is 10.1 Å². The maximum absolute atomic E-state index is 11.3. The van der Waals surface area contributed by atoms with Gasteiger partial charge in [-0.2, -0.15) is 0 Å². The van der Waals surface area contributed by atoms with Crippen molar-refractivity contribution in [3.8, 4) is 11.3 Å². The molecule has 1 aromatic heterocycles. The smallest absolute Gasteiger partial charge is 0.307 e. The van der Waals surface area contributed by atoms with Crippen LogP contribution in [0.2, 0.25) is 5.02 Å². The number of benzene rings is 2. The fourth-order valence-corrected chi connectivity index (χ4v) is 3.22. The quantitative estimate of drug-likeness (QED) is 0.659. The summed E-state index contributed by atoms with van der Waals surface area (Å²) in [4.78, 5) is 14.6. The third-order valence-electron chi connectivity index (χ3n) is 3.72. The van der Waals surface area contributed by atoms with Crippen molar-refractivity contribution in [2.24, 2.45) is 0 Å². The minimum absolute atomic E-state index is 0.0388. The van der Waals surface area contributed by atoms with Crippen molar-refractivity contribution in [2.45, 2.75) is 13.3 Å². The van der Waals surface area contributed by atoms with E-state index in [1.807, 2.05) is 43.3 Å². The summed E-state index contributed by atoms with van der Waals surface area (Å²) in [5.74, 6) is -0.857. The van der Waals surface area contributed by atoms with E-state index in [2.05, 4.69) is 20.9 Å². The molecular formula is C17H13BrClNO2. The van der Waals surface area contributed by atoms with E-state index in [9.17, 15) is 9.90 Å². The maximum Gasteiger partial charge on any atom is 0.307 e. The topological polar surface area (TPSA) is 53.1 Å². The lowest BCUT2D eigenvalue weighted by molar-refractivity contribution is -0.136. The van der Waals surface area contributed by atoms with Crippen LogP contribution >= 0.6 is 27.5 Å². The predicted octanol–water partition coefficient (Wildman–Crippen LogP) is 5.19. The number of hydrogen-bond donors (Lipinski definition) is 2. The molecule has 0 atom stereocenters. The van der Waals surface area contributed by atoms with E-state index in [0.717, 1.165) is 37.8 Å². The molecule has 0 spiro atoms. The lowest BCUT2D eigenvalue weighted by atomic mass is 10.0. The van der Waals surface area contributed by atoms with Gasteiger partial charge in [-0.25, -0.2) is 0 Å². The molecule has 3 nitrogen and oxygen atoms in total. The number of fused-ring (bicyclic) bond motifs is 1. The van der Waals surface area contributed by atoms with Crippen LogP contribution in [0.5, 0.6) is 0 Å². The number of aromatic nitrogens is 1. The number of nitrogens with one attached hydrogen (secondary N) is 1. The summed E-state index contributed by atoms with van der Waals surface area (Å²) in [6, 6.07) is 11.5. The molecule has 3 rings (SSSR count). The highest BCUT2D eigenvalue weighted by Gasteiger charge is 2.17. The number of aliphatic carboxylic acids is 1. The Labute approximate surface area is 141 Å². The van der Waals surface area contributed by atoms with Crippen LogP contribution in [0.1, 0.15) is 11.1 Å². The average molecular weight is 379 g/mol. The summed E-state index contributed by atoms with van der Waals surface area (Å²) >= 11 is 9.64. The molecule has 0 fully saturated rings. The molecule has 22 heavy (non-hydrogen) atoms. The van der Waals surface area contributed by atoms with E-state index in [1.165, 1.54) is 0 Å². The van der Waals surface area contributed by atoms with Gasteiger partial charge in [0, 0.05) is 14.9 Å². The number of carboxylic acids is 1. The second-order valence-corrected chi connectivity index (χ2v) is 6.48. The molecule has 0 unspecified atom stereocenters. The number of carbonyl (C=O) groups is 1. The Morgan fingerprint density at radius 1 is 1.32 bits per heavy atom. The van der Waals surface area contributed by atoms with Crippen LogP contribution in [0.4, 0.5) is 0 Å². The Morgan fingerprint density at radius 3 is 2.77 bits per heavy atom. The van der Waals surface area contributed by atoms with Crippen LogP contribution in [0.15, 0.2) is 40.9 Å². The number of aryl methyl sites for hydroxylation is 1. The molecule has 0 aliphatic carbocycles. The summed E-state index contributed by atoms with van der Waals surface area (Å²) < 4.78 is 0.944. The largest absolute Gasteiger partial charge is 0.481 e. The van der Waals surface area contributed by atoms with Gasteiger partial charge in [0.1, 0.15) is 0 Å². The van der Waals surface area contributed by atoms with Crippen molar-refractivity contribution in [1.82, 2.24) is 4.98 Å². The molecule has 0 saturated heterocycles. The van der Waals surface area contributed by atoms with Crippen LogP contribution in [-0.2, 0) is 11.2 Å². The molecule has 3 aromatic rings. The number of halogens is 2. The van der Waals surface area contributed by atoms with Crippen molar-refractivity contribution in [3.05, 3.63) is 57.0 Å². The summed E-state index contributed by atoms with van der Waals surface area (Å²) in [6.45, 7) is 1.93. The first-order valence-electron chi connectivity index (χ1n) is 6.74. The Hall–Kier alpha value is -1.78. The average Bonchev–Trinajstić information content (AvgIpc) is 2.82. The Morgan fingerprint density at radius 2 is 2.09 bits per heavy atom. The molecule has 0 aliphatic heterocycles. The first-order chi connectivity index (χ1) is 10.5. The summed E-state index contributed by atoms with van der Waals surface area (Å²) in [5, 5.41) is 10.8. The van der Waals surface area contributed by atoms with Crippen molar-refractivity contribution >= 4 is 44.4 Å². The molecule has 2 N–H and O–H groups in total. The lowest BCUT2D eigenvalue weighted by Gasteiger charge is -2.03. The van der Waals surface area contributed by atoms with Crippen LogP contribution < -0.4 is 0 Å². The number of H-pyrrole nitrogens is 1. The van der Waals surface area contributed by atoms with Gasteiger partial charge >= 0.3 is 5.97 Å². The number of aromatic amines is 1. The zero-order valence-electron chi connectivity index (χ0n) is 11.8. The lowest BCUT2D eigenvalue weighted by Crippen LogP contribution is -2.00. The minimum atomic E-state index is -0.857. The van der Waals surface area contributed by atoms with Gasteiger partial charge in [-0.3, -0.25) is 4.79 Å². The summed E-state index contributed by atoms with van der Waals surface area (Å²) in [5.41, 5.74) is 4.35. The van der Waals surface area contributed by atoms with Crippen LogP contribution in [0.3, 0.4) is 0 Å². The van der Waals surface area contributed by atoms with E-state index in [-0.39, 0.29) is 6.42 Å². The van der Waals surface area contributed by atoms with Gasteiger partial charge in [0.25, 0.3) is 0 Å². The van der Waals surface area contributed by atoms with E-state index in [1.54, 1.807) is 0 Å². The Kier molecular flexibility index (Phi) is 3.98. The molecule has 5 heteroatoms. The normalized spacial score (nSPS) is 11.0. The Bertz CT molecular complexity index is 886. The highest BCUT2D eigenvalue weighted by molar-refractivity contribution is 9.10. The molecule has 0 saturated carbocycles. The monoisotopic (exact) mass is 377 g/mol. The second-order valence-electron chi connectivity index (χ2n) is 5.15. The number of rotatable bonds is 3. The van der Waals surface area contributed by atoms with Crippen molar-refractivity contribution in [3.63, 3.8) is 0 Å². The SMILES string of the molecule is Cc1c(Cl)ccc2c(CC(=O)O)c(-c3cccc(Br)c3)[nH]c12. The molecule has 0 bridgehead atoms. The molecular weight excluding hydrogens is 366 g/mol. The third kappa shape index (κ3) is 2.64. The van der Waals surface area contributed by atoms with Crippen molar-refractivity contribution < 1.29 is 9.90 Å². The fraction of sp³-hybridized carbons (Fsp3) is 0.118. The maximum atomic E-state index is 11.3. The summed E-state index contributed by atoms with van der Waals surface area (Å²) in [7, 11) is 0. The molecule has 0 aliphatic rings. The Balaban J connectivity index is 2.33. The third-order valence-corrected chi connectivity index (χ3v) is 4.62. The molecule has 112 valence electrons. The van der Waals surface area contributed by atoms with Gasteiger partial charge in [0.05, 0.1) is 17.6 Å². The van der Waals surface area contributed by atoms with Gasteiger partial charge in [-0.05, 0) is 41.8 Å². The van der Waals surface area contributed by atoms with Crippen LogP contribution in [0, 0.1) is 6.92 Å². The molecule has 0 radical (unpaired) electrons. The van der Waals surface area contributed by atoms with Crippen LogP contribution in [-0.4, -0.2) is 16.1 Å². The van der Waals surface area contributed by atoms with Gasteiger partial charge in [-0.15, -0.1) is 0 Å². The predicted molar refractivity (Wildman–Crippen MR) is 92.5 cm³/mol. The van der Waals surface area contributed by atoms with Crippen molar-refractivity contribution in [2.75, 3.05) is 0 Å². The number of hydrogen-bond acceptors (Lipinski definition) is 1. The van der Waals surface area contributed by atoms with E-state index < -0.39 is 5.97 Å². The standard InChI is InChI=1S/C17H13BrClNO2/c1-9-14(19)6-5-12-13(8-15(21)22)17(20-16(9)12)10-3-2-4-11(18)7-10/h2-7,20H,8H2,1H3,(H,21,22). The fourth-order valence-electron chi connectivity index (χ4n) is 2.66. The highest BCUT2D eigenvalue weighted by atomic mass is 79.9. The van der Waals surface area contributed by atoms with E-state index >= 15 is 0 Å². The van der Waals surface area contributed by atoms with Crippen molar-refractivity contribution in [1.29, 1.82) is 0 Å². The molecule has 1 heterocycles. The first-order valence-corrected chi connectivity index (χ1v) is 7.92. The zero-order chi connectivity index (χ0) is 15.9.